The second kappa shape index (κ2) is 6.12. The fourth-order valence-corrected chi connectivity index (χ4v) is 0.912. The molecule has 0 saturated heterocycles. The molecule has 0 bridgehead atoms. The molecule has 17 heavy (non-hydrogen) atoms. The first-order chi connectivity index (χ1) is 8.17. The number of carbonyl (C=O) groups excluding carboxylic acids is 2. The van der Waals surface area contributed by atoms with Crippen molar-refractivity contribution < 1.29 is 19.3 Å². The Bertz CT molecular complexity index is 405. The topological polar surface area (TPSA) is 55.8 Å². The third kappa shape index (κ3) is 3.83. The lowest BCUT2D eigenvalue weighted by Crippen LogP contribution is -2.28. The maximum Gasteiger partial charge on any atom is 0.359 e. The van der Waals surface area contributed by atoms with Gasteiger partial charge in [0.15, 0.2) is 0 Å². The Labute approximate surface area is 98.5 Å². The van der Waals surface area contributed by atoms with Gasteiger partial charge in [-0.1, -0.05) is 31.4 Å². The lowest BCUT2D eigenvalue weighted by molar-refractivity contribution is -0.167. The minimum Gasteiger partial charge on any atom is -0.301 e. The molecular weight excluding hydrogens is 222 g/mol. The first kappa shape index (κ1) is 12.5. The highest BCUT2D eigenvalue weighted by Crippen LogP contribution is 2.14. The molecule has 0 unspecified atom stereocenters. The van der Waals surface area contributed by atoms with Crippen LogP contribution in [0.25, 0.3) is 0 Å². The van der Waals surface area contributed by atoms with Crippen molar-refractivity contribution in [1.29, 1.82) is 0 Å². The van der Waals surface area contributed by atoms with Gasteiger partial charge in [-0.2, -0.15) is 0 Å². The quantitative estimate of drug-likeness (QED) is 0.573. The third-order valence-electron chi connectivity index (χ3n) is 1.65. The predicted molar refractivity (Wildman–Crippen MR) is 61.5 cm³/mol. The number of nitrogens with zero attached hydrogens (tertiary/aromatic N) is 1. The van der Waals surface area contributed by atoms with Crippen molar-refractivity contribution in [2.24, 2.45) is 0 Å². The third-order valence-corrected chi connectivity index (χ3v) is 1.65. The largest absolute Gasteiger partial charge is 0.359 e. The van der Waals surface area contributed by atoms with Gasteiger partial charge < -0.3 is 9.68 Å². The number of hydrogen-bond acceptors (Lipinski definition) is 5. The summed E-state index contributed by atoms with van der Waals surface area (Å²) < 4.78 is 0. The van der Waals surface area contributed by atoms with Crippen molar-refractivity contribution in [2.75, 3.05) is 5.23 Å². The standard InChI is InChI=1S/C12H11NO4/c1-3-11(14)16-13(17-12(15)4-2)10-8-6-5-7-9-10/h3-9H,1-2H2. The van der Waals surface area contributed by atoms with E-state index in [-0.39, 0.29) is 0 Å². The minimum atomic E-state index is -0.745. The normalized spacial score (nSPS) is 8.94. The first-order valence-corrected chi connectivity index (χ1v) is 4.71. The highest BCUT2D eigenvalue weighted by atomic mass is 17.0. The molecule has 0 aliphatic rings. The molecule has 0 atom stereocenters. The van der Waals surface area contributed by atoms with E-state index in [1.807, 2.05) is 0 Å². The Balaban J connectivity index is 2.86. The van der Waals surface area contributed by atoms with Crippen LogP contribution in [-0.4, -0.2) is 11.9 Å². The van der Waals surface area contributed by atoms with Crippen molar-refractivity contribution >= 4 is 17.6 Å². The molecule has 1 rings (SSSR count). The number of para-hydroxylation sites is 1. The van der Waals surface area contributed by atoms with Gasteiger partial charge in [0.2, 0.25) is 0 Å². The van der Waals surface area contributed by atoms with Gasteiger partial charge >= 0.3 is 11.9 Å². The van der Waals surface area contributed by atoms with Gasteiger partial charge in [0, 0.05) is 12.2 Å². The Morgan fingerprint density at radius 1 is 1.00 bits per heavy atom. The van der Waals surface area contributed by atoms with Crippen molar-refractivity contribution in [2.45, 2.75) is 0 Å². The SMILES string of the molecule is C=CC(=O)ON(OC(=O)C=C)c1ccccc1. The number of anilines is 1. The zero-order valence-electron chi connectivity index (χ0n) is 9.04. The number of rotatable bonds is 5. The number of carbonyl (C=O) groups is 2. The Morgan fingerprint density at radius 3 is 1.88 bits per heavy atom. The molecule has 5 nitrogen and oxygen atoms in total. The second-order valence-corrected chi connectivity index (χ2v) is 2.82. The van der Waals surface area contributed by atoms with Gasteiger partial charge in [-0.05, 0) is 17.4 Å². The van der Waals surface area contributed by atoms with Gasteiger partial charge in [-0.25, -0.2) is 9.59 Å². The van der Waals surface area contributed by atoms with E-state index in [1.54, 1.807) is 30.3 Å². The second-order valence-electron chi connectivity index (χ2n) is 2.82. The van der Waals surface area contributed by atoms with E-state index < -0.39 is 11.9 Å². The molecule has 0 saturated carbocycles. The van der Waals surface area contributed by atoms with E-state index >= 15 is 0 Å². The fraction of sp³-hybridized carbons (Fsp3) is 0. The van der Waals surface area contributed by atoms with Crippen LogP contribution in [0.5, 0.6) is 0 Å². The van der Waals surface area contributed by atoms with Crippen molar-refractivity contribution in [3.8, 4) is 0 Å². The van der Waals surface area contributed by atoms with Crippen LogP contribution < -0.4 is 5.23 Å². The van der Waals surface area contributed by atoms with Crippen LogP contribution in [0.1, 0.15) is 0 Å². The summed E-state index contributed by atoms with van der Waals surface area (Å²) >= 11 is 0. The average Bonchev–Trinajstić information content (AvgIpc) is 2.38. The van der Waals surface area contributed by atoms with Crippen LogP contribution in [0.2, 0.25) is 0 Å². The van der Waals surface area contributed by atoms with Crippen LogP contribution in [0.15, 0.2) is 55.6 Å². The van der Waals surface area contributed by atoms with Crippen LogP contribution in [0.4, 0.5) is 5.69 Å². The Hall–Kier alpha value is -2.56. The van der Waals surface area contributed by atoms with Crippen LogP contribution in [0, 0.1) is 0 Å². The number of benzene rings is 1. The molecule has 0 heterocycles. The zero-order chi connectivity index (χ0) is 12.7. The van der Waals surface area contributed by atoms with Crippen molar-refractivity contribution in [1.82, 2.24) is 0 Å². The van der Waals surface area contributed by atoms with E-state index in [4.69, 9.17) is 9.68 Å². The summed E-state index contributed by atoms with van der Waals surface area (Å²) in [5.41, 5.74) is 0.387. The molecule has 0 aliphatic carbocycles. The van der Waals surface area contributed by atoms with Gasteiger partial charge in [0.05, 0.1) is 0 Å². The molecule has 0 amide bonds. The summed E-state index contributed by atoms with van der Waals surface area (Å²) in [7, 11) is 0. The smallest absolute Gasteiger partial charge is 0.301 e. The van der Waals surface area contributed by atoms with E-state index in [0.717, 1.165) is 12.2 Å². The molecule has 0 fully saturated rings. The highest BCUT2D eigenvalue weighted by Gasteiger charge is 2.14. The van der Waals surface area contributed by atoms with Gasteiger partial charge in [-0.3, -0.25) is 0 Å². The molecule has 0 N–H and O–H groups in total. The van der Waals surface area contributed by atoms with Crippen LogP contribution >= 0.6 is 0 Å². The summed E-state index contributed by atoms with van der Waals surface area (Å²) in [6.45, 7) is 6.49. The monoisotopic (exact) mass is 233 g/mol. The fourth-order valence-electron chi connectivity index (χ4n) is 0.912. The zero-order valence-corrected chi connectivity index (χ0v) is 9.04. The molecule has 0 aromatic heterocycles. The summed E-state index contributed by atoms with van der Waals surface area (Å²) in [4.78, 5) is 31.6. The van der Waals surface area contributed by atoms with E-state index in [1.165, 1.54) is 0 Å². The first-order valence-electron chi connectivity index (χ1n) is 4.71. The summed E-state index contributed by atoms with van der Waals surface area (Å²) in [5.74, 6) is -1.49. The minimum absolute atomic E-state index is 0.387. The lowest BCUT2D eigenvalue weighted by Gasteiger charge is -2.19. The van der Waals surface area contributed by atoms with Crippen LogP contribution in [0.3, 0.4) is 0 Å². The molecule has 0 radical (unpaired) electrons. The maximum absolute atomic E-state index is 11.1. The van der Waals surface area contributed by atoms with Crippen molar-refractivity contribution in [3.63, 3.8) is 0 Å². The van der Waals surface area contributed by atoms with Gasteiger partial charge in [-0.15, -0.1) is 0 Å². The summed E-state index contributed by atoms with van der Waals surface area (Å²) in [6, 6.07) is 8.38. The van der Waals surface area contributed by atoms with Crippen molar-refractivity contribution in [3.05, 3.63) is 55.6 Å². The molecule has 88 valence electrons. The Morgan fingerprint density at radius 2 is 1.47 bits per heavy atom. The lowest BCUT2D eigenvalue weighted by atomic mass is 10.3. The molecular formula is C12H11NO4. The Kier molecular flexibility index (Phi) is 4.50. The molecule has 0 aliphatic heterocycles. The maximum atomic E-state index is 11.1. The average molecular weight is 233 g/mol. The molecule has 1 aromatic carbocycles. The summed E-state index contributed by atoms with van der Waals surface area (Å²) in [6.07, 6.45) is 1.91. The van der Waals surface area contributed by atoms with Crippen LogP contribution in [-0.2, 0) is 19.3 Å². The van der Waals surface area contributed by atoms with E-state index in [0.29, 0.717) is 10.9 Å². The van der Waals surface area contributed by atoms with Gasteiger partial charge in [0.1, 0.15) is 5.69 Å². The molecule has 0 spiro atoms. The summed E-state index contributed by atoms with van der Waals surface area (Å²) in [5, 5.41) is 0.702. The molecule has 5 heteroatoms. The van der Waals surface area contributed by atoms with E-state index in [9.17, 15) is 9.59 Å². The predicted octanol–water partition coefficient (Wildman–Crippen LogP) is 1.78. The van der Waals surface area contributed by atoms with E-state index in [2.05, 4.69) is 13.2 Å². The number of hydrogen-bond donors (Lipinski definition) is 0. The van der Waals surface area contributed by atoms with Gasteiger partial charge in [0.25, 0.3) is 0 Å². The molecule has 1 aromatic rings. The highest BCUT2D eigenvalue weighted by molar-refractivity contribution is 5.84.